The van der Waals surface area contributed by atoms with Gasteiger partial charge in [0.25, 0.3) is 5.91 Å². The molecule has 0 fully saturated rings. The molecule has 1 heterocycles. The minimum Gasteiger partial charge on any atom is -0.481 e. The summed E-state index contributed by atoms with van der Waals surface area (Å²) in [4.78, 5) is 33.2. The number of rotatable bonds is 16. The number of carboxylic acids is 1. The number of hydrogen-bond acceptors (Lipinski definition) is 9. The molecule has 200 valence electrons. The molecule has 0 saturated heterocycles. The van der Waals surface area contributed by atoms with Crippen molar-refractivity contribution < 1.29 is 37.4 Å². The lowest BCUT2D eigenvalue weighted by atomic mass is 10.1. The van der Waals surface area contributed by atoms with Crippen LogP contribution in [0.3, 0.4) is 0 Å². The molecule has 36 heavy (non-hydrogen) atoms. The fraction of sp³-hybridized carbons (Fsp3) is 0.522. The maximum Gasteiger partial charge on any atom is 0.305 e. The van der Waals surface area contributed by atoms with E-state index in [0.29, 0.717) is 36.4 Å². The smallest absolute Gasteiger partial charge is 0.305 e. The molecule has 0 aliphatic carbocycles. The van der Waals surface area contributed by atoms with Gasteiger partial charge < -0.3 is 20.3 Å². The molecule has 4 N–H and O–H groups in total. The maximum absolute atomic E-state index is 13.0. The Morgan fingerprint density at radius 2 is 1.89 bits per heavy atom. The van der Waals surface area contributed by atoms with Gasteiger partial charge >= 0.3 is 5.97 Å². The van der Waals surface area contributed by atoms with Gasteiger partial charge in [-0.3, -0.25) is 14.4 Å². The Bertz CT molecular complexity index is 1070. The Kier molecular flexibility index (Phi) is 12.0. The largest absolute Gasteiger partial charge is 0.481 e. The number of benzene rings is 1. The van der Waals surface area contributed by atoms with Crippen molar-refractivity contribution in [3.05, 3.63) is 29.3 Å². The minimum atomic E-state index is -3.86. The van der Waals surface area contributed by atoms with Crippen LogP contribution >= 0.6 is 0 Å². The third kappa shape index (κ3) is 9.32. The second kappa shape index (κ2) is 14.7. The summed E-state index contributed by atoms with van der Waals surface area (Å²) in [6, 6.07) is 4.40. The maximum atomic E-state index is 13.0. The number of amidine groups is 1. The van der Waals surface area contributed by atoms with E-state index >= 15 is 0 Å². The van der Waals surface area contributed by atoms with Crippen LogP contribution in [0, 0.1) is 0 Å². The van der Waals surface area contributed by atoms with Crippen molar-refractivity contribution in [2.24, 2.45) is 10.7 Å². The summed E-state index contributed by atoms with van der Waals surface area (Å²) < 4.78 is 38.4. The van der Waals surface area contributed by atoms with Gasteiger partial charge in [-0.25, -0.2) is 23.2 Å². The lowest BCUT2D eigenvalue weighted by Gasteiger charge is -2.21. The highest BCUT2D eigenvalue weighted by atomic mass is 32.2. The molecule has 0 bridgehead atoms. The van der Waals surface area contributed by atoms with E-state index in [2.05, 4.69) is 9.71 Å². The summed E-state index contributed by atoms with van der Waals surface area (Å²) >= 11 is 0. The molecule has 0 radical (unpaired) electrons. The normalized spacial score (nSPS) is 13.4. The molecule has 1 aliphatic heterocycles. The summed E-state index contributed by atoms with van der Waals surface area (Å²) in [5.74, 6) is -1.06. The number of aliphatic carboxylic acids is 1. The van der Waals surface area contributed by atoms with Gasteiger partial charge in [-0.2, -0.15) is 0 Å². The van der Waals surface area contributed by atoms with Crippen molar-refractivity contribution in [2.45, 2.75) is 38.0 Å². The van der Waals surface area contributed by atoms with Crippen LogP contribution in [0.4, 0.5) is 5.69 Å². The zero-order chi connectivity index (χ0) is 26.6. The van der Waals surface area contributed by atoms with Crippen LogP contribution < -0.4 is 10.5 Å². The number of hydroxylamine groups is 2. The number of ether oxygens (including phenoxy) is 2. The van der Waals surface area contributed by atoms with Crippen LogP contribution in [0.15, 0.2) is 33.7 Å². The number of carbonyl (C=O) groups is 2. The Hall–Kier alpha value is -2.84. The summed E-state index contributed by atoms with van der Waals surface area (Å²) in [5.41, 5.74) is 7.27. The first-order valence-electron chi connectivity index (χ1n) is 11.7. The van der Waals surface area contributed by atoms with Gasteiger partial charge in [-0.05, 0) is 37.6 Å². The first-order valence-corrected chi connectivity index (χ1v) is 13.2. The molecule has 13 heteroatoms. The van der Waals surface area contributed by atoms with Gasteiger partial charge in [0.05, 0.1) is 50.0 Å². The summed E-state index contributed by atoms with van der Waals surface area (Å²) in [7, 11) is -3.86. The second-order valence-electron chi connectivity index (χ2n) is 7.76. The van der Waals surface area contributed by atoms with Crippen LogP contribution in [0.1, 0.15) is 38.7 Å². The number of carboxylic acid groups (broad SMARTS) is 1. The van der Waals surface area contributed by atoms with Crippen molar-refractivity contribution in [3.63, 3.8) is 0 Å². The molecule has 1 aromatic rings. The number of aliphatic imine (C=N–C) groups is 1. The van der Waals surface area contributed by atoms with Crippen LogP contribution in [0.2, 0.25) is 0 Å². The number of nitrogens with two attached hydrogens (primary N) is 1. The molecule has 1 amide bonds. The topological polar surface area (TPSA) is 170 Å². The highest BCUT2D eigenvalue weighted by molar-refractivity contribution is 7.89. The zero-order valence-corrected chi connectivity index (χ0v) is 21.4. The number of fused-ring (bicyclic) bond motifs is 1. The third-order valence-corrected chi connectivity index (χ3v) is 6.32. The fourth-order valence-electron chi connectivity index (χ4n) is 3.24. The molecule has 0 unspecified atom stereocenters. The van der Waals surface area contributed by atoms with Crippen LogP contribution in [-0.2, 0) is 33.9 Å². The number of carbonyl (C=O) groups excluding carboxylic acids is 1. The van der Waals surface area contributed by atoms with E-state index in [9.17, 15) is 18.0 Å². The number of nitrogens with zero attached hydrogens (tertiary/aromatic N) is 2. The molecule has 1 aliphatic rings. The third-order valence-electron chi connectivity index (χ3n) is 4.86. The molecule has 1 aromatic carbocycles. The van der Waals surface area contributed by atoms with E-state index in [0.717, 1.165) is 0 Å². The van der Waals surface area contributed by atoms with Gasteiger partial charge in [0, 0.05) is 30.6 Å². The average Bonchev–Trinajstić information content (AvgIpc) is 2.99. The Morgan fingerprint density at radius 1 is 1.17 bits per heavy atom. The van der Waals surface area contributed by atoms with Crippen molar-refractivity contribution in [2.75, 3.05) is 46.1 Å². The lowest BCUT2D eigenvalue weighted by molar-refractivity contribution is -0.180. The number of amides is 1. The highest BCUT2D eigenvalue weighted by Gasteiger charge is 2.23. The molecule has 0 atom stereocenters. The average molecular weight is 527 g/mol. The SMILES string of the molecule is CCCN(OCC)C(=O)C1=Cc2cc(S(=O)(=O)NCCOCCOCCC(=O)O)ccc2N=C(N)C1. The van der Waals surface area contributed by atoms with Crippen molar-refractivity contribution in [1.29, 1.82) is 0 Å². The van der Waals surface area contributed by atoms with E-state index in [4.69, 9.17) is 25.2 Å². The molecule has 12 nitrogen and oxygen atoms in total. The number of nitrogens with one attached hydrogen (secondary N) is 1. The Balaban J connectivity index is 2.04. The molecular formula is C23H34N4O8S. The molecule has 0 spiro atoms. The van der Waals surface area contributed by atoms with E-state index in [1.54, 1.807) is 13.0 Å². The van der Waals surface area contributed by atoms with E-state index < -0.39 is 16.0 Å². The van der Waals surface area contributed by atoms with Crippen LogP contribution in [-0.4, -0.2) is 82.4 Å². The molecule has 2 rings (SSSR count). The van der Waals surface area contributed by atoms with Gasteiger partial charge in [-0.1, -0.05) is 6.92 Å². The Morgan fingerprint density at radius 3 is 2.56 bits per heavy atom. The highest BCUT2D eigenvalue weighted by Crippen LogP contribution is 2.29. The van der Waals surface area contributed by atoms with E-state index in [1.165, 1.54) is 23.3 Å². The predicted octanol–water partition coefficient (Wildman–Crippen LogP) is 1.44. The van der Waals surface area contributed by atoms with Crippen LogP contribution in [0.5, 0.6) is 0 Å². The minimum absolute atomic E-state index is 0.00666. The number of hydrogen-bond donors (Lipinski definition) is 3. The summed E-state index contributed by atoms with van der Waals surface area (Å²) in [6.07, 6.45) is 2.31. The van der Waals surface area contributed by atoms with Crippen molar-refractivity contribution in [1.82, 2.24) is 9.79 Å². The van der Waals surface area contributed by atoms with Crippen LogP contribution in [0.25, 0.3) is 6.08 Å². The van der Waals surface area contributed by atoms with E-state index in [1.807, 2.05) is 6.92 Å². The van der Waals surface area contributed by atoms with Gasteiger partial charge in [0.15, 0.2) is 0 Å². The first-order chi connectivity index (χ1) is 17.2. The molecule has 0 aromatic heterocycles. The lowest BCUT2D eigenvalue weighted by Crippen LogP contribution is -2.34. The zero-order valence-electron chi connectivity index (χ0n) is 20.6. The predicted molar refractivity (Wildman–Crippen MR) is 133 cm³/mol. The first kappa shape index (κ1) is 29.4. The van der Waals surface area contributed by atoms with E-state index in [-0.39, 0.29) is 62.5 Å². The van der Waals surface area contributed by atoms with Gasteiger partial charge in [-0.15, -0.1) is 0 Å². The standard InChI is InChI=1S/C23H34N4O8S/c1-3-9-27(35-4-2)23(30)18-14-17-15-19(5-6-20(17)26-21(24)16-18)36(31,32)25-8-11-34-13-12-33-10-7-22(28)29/h5-6,14-15,25H,3-4,7-13,16H2,1-2H3,(H2,24,26)(H,28,29). The second-order valence-corrected chi connectivity index (χ2v) is 9.53. The van der Waals surface area contributed by atoms with Gasteiger partial charge in [0.1, 0.15) is 5.84 Å². The van der Waals surface area contributed by atoms with Crippen molar-refractivity contribution in [3.8, 4) is 0 Å². The summed E-state index contributed by atoms with van der Waals surface area (Å²) in [6.45, 7) is 5.08. The Labute approximate surface area is 211 Å². The molecular weight excluding hydrogens is 492 g/mol. The number of sulfonamides is 1. The van der Waals surface area contributed by atoms with Crippen molar-refractivity contribution >= 4 is 39.5 Å². The molecule has 0 saturated carbocycles. The fourth-order valence-corrected chi connectivity index (χ4v) is 4.29. The summed E-state index contributed by atoms with van der Waals surface area (Å²) in [5, 5.41) is 9.81. The quantitative estimate of drug-likeness (QED) is 0.213. The van der Waals surface area contributed by atoms with Gasteiger partial charge in [0.2, 0.25) is 10.0 Å². The monoisotopic (exact) mass is 526 g/mol.